The fraction of sp³-hybridized carbons (Fsp3) is 0.0800. The van der Waals surface area contributed by atoms with E-state index in [1.54, 1.807) is 30.8 Å². The standard InChI is InChI=1S/C25H19N3O3S/c29-24(28-22(21-12-6-15-30-21)17-8-2-1-3-9-17)23-19(16-32-25-26-13-7-14-27-25)18-10-4-5-11-20(18)31-23/h1-15,22H,16H2,(H,28,29). The number of benzene rings is 2. The van der Waals surface area contributed by atoms with Gasteiger partial charge in [0, 0.05) is 29.1 Å². The predicted octanol–water partition coefficient (Wildman–Crippen LogP) is 5.63. The first-order chi connectivity index (χ1) is 15.8. The highest BCUT2D eigenvalue weighted by Crippen LogP contribution is 2.32. The highest BCUT2D eigenvalue weighted by molar-refractivity contribution is 7.98. The largest absolute Gasteiger partial charge is 0.467 e. The van der Waals surface area contributed by atoms with Crippen LogP contribution in [0.3, 0.4) is 0 Å². The van der Waals surface area contributed by atoms with Gasteiger partial charge in [-0.2, -0.15) is 0 Å². The van der Waals surface area contributed by atoms with E-state index in [1.807, 2.05) is 60.7 Å². The van der Waals surface area contributed by atoms with Crippen LogP contribution in [0.25, 0.3) is 11.0 Å². The van der Waals surface area contributed by atoms with Crippen LogP contribution in [-0.2, 0) is 5.75 Å². The van der Waals surface area contributed by atoms with Gasteiger partial charge in [-0.3, -0.25) is 4.79 Å². The van der Waals surface area contributed by atoms with E-state index in [9.17, 15) is 4.79 Å². The zero-order valence-electron chi connectivity index (χ0n) is 17.0. The summed E-state index contributed by atoms with van der Waals surface area (Å²) in [5.74, 6) is 1.12. The average molecular weight is 442 g/mol. The SMILES string of the molecule is O=C(NC(c1ccccc1)c1ccco1)c1oc2ccccc2c1CSc1ncccn1. The van der Waals surface area contributed by atoms with Gasteiger partial charge in [0.2, 0.25) is 0 Å². The second-order valence-corrected chi connectivity index (χ2v) is 8.00. The van der Waals surface area contributed by atoms with Crippen LogP contribution in [0.1, 0.15) is 33.5 Å². The minimum absolute atomic E-state index is 0.280. The van der Waals surface area contributed by atoms with Crippen molar-refractivity contribution in [2.75, 3.05) is 0 Å². The van der Waals surface area contributed by atoms with E-state index in [0.717, 1.165) is 16.5 Å². The molecule has 2 aromatic carbocycles. The fourth-order valence-electron chi connectivity index (χ4n) is 3.54. The summed E-state index contributed by atoms with van der Waals surface area (Å²) in [4.78, 5) is 22.0. The van der Waals surface area contributed by atoms with Crippen molar-refractivity contribution in [2.24, 2.45) is 0 Å². The van der Waals surface area contributed by atoms with Crippen molar-refractivity contribution < 1.29 is 13.6 Å². The molecule has 32 heavy (non-hydrogen) atoms. The fourth-order valence-corrected chi connectivity index (χ4v) is 4.37. The number of hydrogen-bond donors (Lipinski definition) is 1. The van der Waals surface area contributed by atoms with Gasteiger partial charge in [-0.1, -0.05) is 60.3 Å². The molecule has 0 bridgehead atoms. The van der Waals surface area contributed by atoms with E-state index in [0.29, 0.717) is 22.3 Å². The average Bonchev–Trinajstić information content (AvgIpc) is 3.51. The smallest absolute Gasteiger partial charge is 0.288 e. The molecule has 7 heteroatoms. The first kappa shape index (κ1) is 20.1. The number of carbonyl (C=O) groups is 1. The van der Waals surface area contributed by atoms with Crippen molar-refractivity contribution in [3.63, 3.8) is 0 Å². The Hall–Kier alpha value is -3.84. The molecule has 3 aromatic heterocycles. The Labute approximate surface area is 188 Å². The number of nitrogens with one attached hydrogen (secondary N) is 1. The monoisotopic (exact) mass is 441 g/mol. The summed E-state index contributed by atoms with van der Waals surface area (Å²) in [5.41, 5.74) is 2.39. The molecule has 0 fully saturated rings. The summed E-state index contributed by atoms with van der Waals surface area (Å²) in [6.45, 7) is 0. The van der Waals surface area contributed by atoms with Crippen molar-refractivity contribution in [1.82, 2.24) is 15.3 Å². The van der Waals surface area contributed by atoms with Gasteiger partial charge < -0.3 is 14.2 Å². The number of furan rings is 2. The van der Waals surface area contributed by atoms with Crippen LogP contribution in [0, 0.1) is 0 Å². The van der Waals surface area contributed by atoms with Gasteiger partial charge in [-0.05, 0) is 29.8 Å². The van der Waals surface area contributed by atoms with Crippen LogP contribution < -0.4 is 5.32 Å². The second kappa shape index (κ2) is 9.11. The molecule has 0 aliphatic heterocycles. The zero-order valence-corrected chi connectivity index (χ0v) is 17.8. The van der Waals surface area contributed by atoms with Crippen LogP contribution in [-0.4, -0.2) is 15.9 Å². The number of fused-ring (bicyclic) bond motifs is 1. The number of rotatable bonds is 7. The topological polar surface area (TPSA) is 81.2 Å². The van der Waals surface area contributed by atoms with E-state index in [4.69, 9.17) is 8.83 Å². The van der Waals surface area contributed by atoms with Crippen LogP contribution in [0.4, 0.5) is 0 Å². The zero-order chi connectivity index (χ0) is 21.8. The van der Waals surface area contributed by atoms with Crippen molar-refractivity contribution in [3.05, 3.63) is 114 Å². The first-order valence-corrected chi connectivity index (χ1v) is 11.1. The molecule has 0 saturated heterocycles. The maximum Gasteiger partial charge on any atom is 0.288 e. The van der Waals surface area contributed by atoms with Crippen LogP contribution in [0.5, 0.6) is 0 Å². The molecule has 1 N–H and O–H groups in total. The predicted molar refractivity (Wildman–Crippen MR) is 122 cm³/mol. The van der Waals surface area contributed by atoms with Crippen molar-refractivity contribution in [2.45, 2.75) is 17.0 Å². The maximum absolute atomic E-state index is 13.4. The Morgan fingerprint density at radius 3 is 2.50 bits per heavy atom. The molecule has 0 spiro atoms. The molecule has 5 aromatic rings. The molecule has 1 amide bonds. The van der Waals surface area contributed by atoms with Gasteiger partial charge in [-0.25, -0.2) is 9.97 Å². The molecule has 3 heterocycles. The lowest BCUT2D eigenvalue weighted by Crippen LogP contribution is -2.29. The Morgan fingerprint density at radius 2 is 1.72 bits per heavy atom. The van der Waals surface area contributed by atoms with Gasteiger partial charge in [0.15, 0.2) is 10.9 Å². The normalized spacial score (nSPS) is 12.0. The Morgan fingerprint density at radius 1 is 0.938 bits per heavy atom. The molecule has 158 valence electrons. The minimum Gasteiger partial charge on any atom is -0.467 e. The van der Waals surface area contributed by atoms with Gasteiger partial charge in [0.1, 0.15) is 17.4 Å². The molecule has 0 aliphatic carbocycles. The van der Waals surface area contributed by atoms with E-state index in [2.05, 4.69) is 15.3 Å². The van der Waals surface area contributed by atoms with Gasteiger partial charge in [-0.15, -0.1) is 0 Å². The van der Waals surface area contributed by atoms with Crippen LogP contribution in [0.15, 0.2) is 105 Å². The highest BCUT2D eigenvalue weighted by Gasteiger charge is 2.25. The third kappa shape index (κ3) is 4.15. The number of carbonyl (C=O) groups excluding carboxylic acids is 1. The minimum atomic E-state index is -0.440. The molecule has 1 atom stereocenters. The third-order valence-corrected chi connectivity index (χ3v) is 5.93. The number of hydrogen-bond acceptors (Lipinski definition) is 6. The van der Waals surface area contributed by atoms with E-state index < -0.39 is 6.04 Å². The lowest BCUT2D eigenvalue weighted by atomic mass is 10.0. The number of amides is 1. The van der Waals surface area contributed by atoms with E-state index in [-0.39, 0.29) is 11.7 Å². The molecule has 0 radical (unpaired) electrons. The van der Waals surface area contributed by atoms with E-state index >= 15 is 0 Å². The highest BCUT2D eigenvalue weighted by atomic mass is 32.2. The Bertz CT molecular complexity index is 1320. The summed E-state index contributed by atoms with van der Waals surface area (Å²) in [6.07, 6.45) is 5.00. The lowest BCUT2D eigenvalue weighted by molar-refractivity contribution is 0.0912. The number of thioether (sulfide) groups is 1. The molecule has 5 rings (SSSR count). The summed E-state index contributed by atoms with van der Waals surface area (Å²) < 4.78 is 11.6. The summed E-state index contributed by atoms with van der Waals surface area (Å²) in [5, 5.41) is 4.62. The second-order valence-electron chi connectivity index (χ2n) is 7.06. The molecular weight excluding hydrogens is 422 g/mol. The first-order valence-electron chi connectivity index (χ1n) is 10.1. The summed E-state index contributed by atoms with van der Waals surface area (Å²) in [6, 6.07) is 22.3. The van der Waals surface area contributed by atoms with Crippen molar-refractivity contribution in [1.29, 1.82) is 0 Å². The Balaban J connectivity index is 1.48. The number of nitrogens with zero attached hydrogens (tertiary/aromatic N) is 2. The molecule has 0 aliphatic rings. The molecule has 0 saturated carbocycles. The molecule has 1 unspecified atom stereocenters. The lowest BCUT2D eigenvalue weighted by Gasteiger charge is -2.17. The third-order valence-electron chi connectivity index (χ3n) is 5.03. The quantitative estimate of drug-likeness (QED) is 0.260. The number of aromatic nitrogens is 2. The summed E-state index contributed by atoms with van der Waals surface area (Å²) >= 11 is 1.46. The van der Waals surface area contributed by atoms with Gasteiger partial charge in [0.05, 0.1) is 6.26 Å². The van der Waals surface area contributed by atoms with Crippen molar-refractivity contribution >= 4 is 28.6 Å². The molecular formula is C25H19N3O3S. The Kier molecular flexibility index (Phi) is 5.72. The van der Waals surface area contributed by atoms with Gasteiger partial charge >= 0.3 is 0 Å². The summed E-state index contributed by atoms with van der Waals surface area (Å²) in [7, 11) is 0. The molecule has 6 nitrogen and oxygen atoms in total. The van der Waals surface area contributed by atoms with Crippen LogP contribution in [0.2, 0.25) is 0 Å². The van der Waals surface area contributed by atoms with Crippen molar-refractivity contribution in [3.8, 4) is 0 Å². The maximum atomic E-state index is 13.4. The van der Waals surface area contributed by atoms with Crippen LogP contribution >= 0.6 is 11.8 Å². The van der Waals surface area contributed by atoms with Gasteiger partial charge in [0.25, 0.3) is 5.91 Å². The number of para-hydroxylation sites is 1. The van der Waals surface area contributed by atoms with E-state index in [1.165, 1.54) is 11.8 Å².